The van der Waals surface area contributed by atoms with Crippen molar-refractivity contribution in [3.8, 4) is 0 Å². The van der Waals surface area contributed by atoms with E-state index in [4.69, 9.17) is 9.47 Å². The highest BCUT2D eigenvalue weighted by atomic mass is 35.5. The van der Waals surface area contributed by atoms with Gasteiger partial charge < -0.3 is 14.8 Å². The molecule has 0 aliphatic carbocycles. The van der Waals surface area contributed by atoms with E-state index in [1.807, 2.05) is 78.9 Å². The van der Waals surface area contributed by atoms with Gasteiger partial charge in [-0.25, -0.2) is 4.79 Å². The normalized spacial score (nSPS) is 21.4. The molecule has 28 heavy (non-hydrogen) atoms. The molecular weight excluding hydrogens is 374 g/mol. The van der Waals surface area contributed by atoms with Gasteiger partial charge in [-0.05, 0) is 17.7 Å². The van der Waals surface area contributed by atoms with Crippen LogP contribution in [0.2, 0.25) is 0 Å². The monoisotopic (exact) mass is 395 g/mol. The van der Waals surface area contributed by atoms with Gasteiger partial charge >= 0.3 is 5.97 Å². The van der Waals surface area contributed by atoms with Crippen LogP contribution in [0.5, 0.6) is 0 Å². The third-order valence-electron chi connectivity index (χ3n) is 4.71. The number of esters is 1. The van der Waals surface area contributed by atoms with Gasteiger partial charge in [-0.3, -0.25) is 0 Å². The minimum Gasteiger partial charge on any atom is -0.423 e. The first-order valence-corrected chi connectivity index (χ1v) is 9.06. The van der Waals surface area contributed by atoms with Crippen molar-refractivity contribution >= 4 is 18.4 Å². The molecular formula is C23H22ClNO3. The number of ether oxygens (including phenoxy) is 2. The van der Waals surface area contributed by atoms with E-state index in [0.29, 0.717) is 18.7 Å². The summed E-state index contributed by atoms with van der Waals surface area (Å²) in [4.78, 5) is 12.9. The number of halogens is 1. The van der Waals surface area contributed by atoms with E-state index in [0.717, 1.165) is 11.1 Å². The van der Waals surface area contributed by atoms with Crippen molar-refractivity contribution in [3.63, 3.8) is 0 Å². The number of hydrogen-bond acceptors (Lipinski definition) is 4. The second-order valence-corrected chi connectivity index (χ2v) is 6.44. The lowest BCUT2D eigenvalue weighted by Crippen LogP contribution is -2.52. The fraction of sp³-hybridized carbons (Fsp3) is 0.174. The Kier molecular flexibility index (Phi) is 6.47. The molecule has 3 aromatic rings. The molecule has 1 fully saturated rings. The Labute approximate surface area is 170 Å². The van der Waals surface area contributed by atoms with Crippen molar-refractivity contribution in [2.24, 2.45) is 0 Å². The van der Waals surface area contributed by atoms with Gasteiger partial charge in [-0.15, -0.1) is 12.4 Å². The van der Waals surface area contributed by atoms with E-state index in [-0.39, 0.29) is 18.4 Å². The van der Waals surface area contributed by atoms with E-state index in [9.17, 15) is 4.79 Å². The van der Waals surface area contributed by atoms with Crippen LogP contribution >= 0.6 is 12.4 Å². The lowest BCUT2D eigenvalue weighted by molar-refractivity contribution is -0.249. The number of rotatable bonds is 4. The predicted octanol–water partition coefficient (Wildman–Crippen LogP) is 4.48. The van der Waals surface area contributed by atoms with Crippen molar-refractivity contribution in [2.75, 3.05) is 13.2 Å². The van der Waals surface area contributed by atoms with Crippen LogP contribution in [0.1, 0.15) is 27.5 Å². The molecule has 3 aromatic carbocycles. The van der Waals surface area contributed by atoms with Crippen molar-refractivity contribution < 1.29 is 14.3 Å². The van der Waals surface area contributed by atoms with Crippen molar-refractivity contribution in [1.29, 1.82) is 0 Å². The molecule has 5 heteroatoms. The Bertz CT molecular complexity index is 889. The Balaban J connectivity index is 0.00000225. The maximum absolute atomic E-state index is 12.9. The van der Waals surface area contributed by atoms with Gasteiger partial charge in [0.1, 0.15) is 6.04 Å². The number of nitrogens with one attached hydrogen (secondary N) is 1. The molecule has 144 valence electrons. The minimum absolute atomic E-state index is 0. The van der Waals surface area contributed by atoms with Gasteiger partial charge in [0.25, 0.3) is 5.79 Å². The van der Waals surface area contributed by atoms with Gasteiger partial charge in [0.15, 0.2) is 0 Å². The molecule has 2 unspecified atom stereocenters. The highest BCUT2D eigenvalue weighted by molar-refractivity contribution is 5.89. The molecule has 1 aliphatic rings. The number of carbonyl (C=O) groups excluding carboxylic acids is 1. The van der Waals surface area contributed by atoms with E-state index in [1.54, 1.807) is 12.1 Å². The van der Waals surface area contributed by atoms with Crippen LogP contribution in [0.15, 0.2) is 91.0 Å². The predicted molar refractivity (Wildman–Crippen MR) is 110 cm³/mol. The molecule has 0 radical (unpaired) electrons. The lowest BCUT2D eigenvalue weighted by Gasteiger charge is -2.43. The molecule has 0 saturated carbocycles. The number of carbonyl (C=O) groups is 1. The molecule has 1 N–H and O–H groups in total. The minimum atomic E-state index is -1.24. The third kappa shape index (κ3) is 3.94. The molecule has 0 spiro atoms. The van der Waals surface area contributed by atoms with Crippen LogP contribution < -0.4 is 5.32 Å². The molecule has 2 atom stereocenters. The van der Waals surface area contributed by atoms with Gasteiger partial charge in [0, 0.05) is 12.1 Å². The van der Waals surface area contributed by atoms with Crippen molar-refractivity contribution in [2.45, 2.75) is 11.8 Å². The van der Waals surface area contributed by atoms with E-state index >= 15 is 0 Å². The lowest BCUT2D eigenvalue weighted by atomic mass is 9.90. The standard InChI is InChI=1S/C23H21NO3.ClH/c25-22(19-12-6-2-7-13-19)27-23(20-14-8-3-9-15-20)21(24-16-17-26-23)18-10-4-1-5-11-18;/h1-15,21,24H,16-17H2;1H. The van der Waals surface area contributed by atoms with Gasteiger partial charge in [0.2, 0.25) is 0 Å². The summed E-state index contributed by atoms with van der Waals surface area (Å²) >= 11 is 0. The summed E-state index contributed by atoms with van der Waals surface area (Å²) in [6, 6.07) is 28.3. The molecule has 0 aromatic heterocycles. The third-order valence-corrected chi connectivity index (χ3v) is 4.71. The first kappa shape index (κ1) is 20.1. The van der Waals surface area contributed by atoms with Crippen molar-refractivity contribution in [3.05, 3.63) is 108 Å². The first-order valence-electron chi connectivity index (χ1n) is 9.06. The second-order valence-electron chi connectivity index (χ2n) is 6.44. The molecule has 1 heterocycles. The zero-order valence-electron chi connectivity index (χ0n) is 15.3. The Morgan fingerprint density at radius 3 is 2.11 bits per heavy atom. The second kappa shape index (κ2) is 9.02. The van der Waals surface area contributed by atoms with Crippen LogP contribution in [0.3, 0.4) is 0 Å². The summed E-state index contributed by atoms with van der Waals surface area (Å²) in [5, 5.41) is 3.48. The average molecular weight is 396 g/mol. The maximum Gasteiger partial charge on any atom is 0.340 e. The molecule has 0 amide bonds. The zero-order valence-corrected chi connectivity index (χ0v) is 16.1. The number of morpholine rings is 1. The fourth-order valence-electron chi connectivity index (χ4n) is 3.45. The van der Waals surface area contributed by atoms with Gasteiger partial charge in [-0.2, -0.15) is 0 Å². The zero-order chi connectivity index (χ0) is 18.5. The summed E-state index contributed by atoms with van der Waals surface area (Å²) < 4.78 is 12.3. The quantitative estimate of drug-likeness (QED) is 0.662. The molecule has 4 nitrogen and oxygen atoms in total. The Morgan fingerprint density at radius 1 is 0.893 bits per heavy atom. The topological polar surface area (TPSA) is 47.6 Å². The van der Waals surface area contributed by atoms with Crippen LogP contribution in [0.4, 0.5) is 0 Å². The largest absolute Gasteiger partial charge is 0.423 e. The molecule has 4 rings (SSSR count). The summed E-state index contributed by atoms with van der Waals surface area (Å²) in [5.74, 6) is -1.66. The fourth-order valence-corrected chi connectivity index (χ4v) is 3.45. The average Bonchev–Trinajstić information content (AvgIpc) is 2.76. The summed E-state index contributed by atoms with van der Waals surface area (Å²) in [5.41, 5.74) is 2.30. The van der Waals surface area contributed by atoms with Gasteiger partial charge in [0.05, 0.1) is 12.2 Å². The summed E-state index contributed by atoms with van der Waals surface area (Å²) in [6.07, 6.45) is 0. The van der Waals surface area contributed by atoms with E-state index < -0.39 is 11.8 Å². The van der Waals surface area contributed by atoms with Crippen LogP contribution in [0.25, 0.3) is 0 Å². The summed E-state index contributed by atoms with van der Waals surface area (Å²) in [6.45, 7) is 1.12. The van der Waals surface area contributed by atoms with E-state index in [1.165, 1.54) is 0 Å². The molecule has 1 saturated heterocycles. The number of benzene rings is 3. The number of hydrogen-bond donors (Lipinski definition) is 1. The highest BCUT2D eigenvalue weighted by Crippen LogP contribution is 2.42. The molecule has 1 aliphatic heterocycles. The van der Waals surface area contributed by atoms with Gasteiger partial charge in [-0.1, -0.05) is 78.9 Å². The maximum atomic E-state index is 12.9. The van der Waals surface area contributed by atoms with Crippen LogP contribution in [-0.2, 0) is 15.3 Å². The Hall–Kier alpha value is -2.66. The molecule has 0 bridgehead atoms. The smallest absolute Gasteiger partial charge is 0.340 e. The summed E-state index contributed by atoms with van der Waals surface area (Å²) in [7, 11) is 0. The SMILES string of the molecule is Cl.O=C(OC1(c2ccccc2)OCCNC1c1ccccc1)c1ccccc1. The van der Waals surface area contributed by atoms with Crippen LogP contribution in [0, 0.1) is 0 Å². The Morgan fingerprint density at radius 2 is 1.46 bits per heavy atom. The van der Waals surface area contributed by atoms with Crippen molar-refractivity contribution in [1.82, 2.24) is 5.32 Å². The first-order chi connectivity index (χ1) is 13.3. The van der Waals surface area contributed by atoms with E-state index in [2.05, 4.69) is 5.32 Å². The van der Waals surface area contributed by atoms with Crippen LogP contribution in [-0.4, -0.2) is 19.1 Å². The highest BCUT2D eigenvalue weighted by Gasteiger charge is 2.48.